The third kappa shape index (κ3) is 5.21. The molecule has 8 nitrogen and oxygen atoms in total. The normalized spacial score (nSPS) is 10.9. The first kappa shape index (κ1) is 19.6. The summed E-state index contributed by atoms with van der Waals surface area (Å²) in [5, 5.41) is 15.2. The van der Waals surface area contributed by atoms with Crippen LogP contribution < -0.4 is 16.6 Å². The lowest BCUT2D eigenvalue weighted by molar-refractivity contribution is -0.113. The highest BCUT2D eigenvalue weighted by molar-refractivity contribution is 7.99. The third-order valence-corrected chi connectivity index (χ3v) is 4.67. The monoisotopic (exact) mass is 419 g/mol. The zero-order valence-corrected chi connectivity index (χ0v) is 15.9. The molecule has 3 rings (SSSR count). The van der Waals surface area contributed by atoms with Crippen molar-refractivity contribution in [1.29, 1.82) is 0 Å². The molecule has 0 saturated carbocycles. The van der Waals surface area contributed by atoms with E-state index in [1.54, 1.807) is 36.4 Å². The number of thioether (sulfide) groups is 1. The smallest absolute Gasteiger partial charge is 0.264 e. The van der Waals surface area contributed by atoms with Crippen LogP contribution in [0.15, 0.2) is 58.8 Å². The predicted octanol–water partition coefficient (Wildman–Crippen LogP) is 2.96. The minimum absolute atomic E-state index is 0.0689. The molecule has 0 radical (unpaired) electrons. The number of hydrogen-bond donors (Lipinski definition) is 3. The lowest BCUT2D eigenvalue weighted by atomic mass is 10.2. The molecule has 0 bridgehead atoms. The van der Waals surface area contributed by atoms with Crippen molar-refractivity contribution in [3.05, 3.63) is 64.9 Å². The van der Waals surface area contributed by atoms with Gasteiger partial charge in [-0.15, -0.1) is 10.2 Å². The molecular weight excluding hydrogens is 405 g/mol. The van der Waals surface area contributed by atoms with Crippen molar-refractivity contribution in [2.75, 3.05) is 22.3 Å². The number of para-hydroxylation sites is 1. The van der Waals surface area contributed by atoms with E-state index in [1.165, 1.54) is 23.0 Å². The average Bonchev–Trinajstić information content (AvgIpc) is 3.03. The lowest BCUT2D eigenvalue weighted by Crippen LogP contribution is -2.17. The molecule has 0 atom stereocenters. The van der Waals surface area contributed by atoms with Gasteiger partial charge in [0.25, 0.3) is 5.95 Å². The van der Waals surface area contributed by atoms with E-state index in [1.807, 2.05) is 0 Å². The maximum atomic E-state index is 12.9. The molecular formula is C17H15ClFN7OS. The van der Waals surface area contributed by atoms with Crippen molar-refractivity contribution >= 4 is 47.1 Å². The van der Waals surface area contributed by atoms with Crippen LogP contribution in [0.25, 0.3) is 0 Å². The molecule has 2 aromatic carbocycles. The minimum atomic E-state index is -0.327. The fraction of sp³-hybridized carbons (Fsp3) is 0.0588. The Labute approximate surface area is 168 Å². The minimum Gasteiger partial charge on any atom is -0.334 e. The summed E-state index contributed by atoms with van der Waals surface area (Å²) < 4.78 is 14.0. The van der Waals surface area contributed by atoms with Crippen molar-refractivity contribution in [2.45, 2.75) is 5.16 Å². The van der Waals surface area contributed by atoms with Gasteiger partial charge in [-0.1, -0.05) is 47.6 Å². The van der Waals surface area contributed by atoms with Gasteiger partial charge in [-0.05, 0) is 29.8 Å². The van der Waals surface area contributed by atoms with E-state index < -0.39 is 0 Å². The van der Waals surface area contributed by atoms with E-state index in [9.17, 15) is 9.18 Å². The molecule has 0 aliphatic heterocycles. The Morgan fingerprint density at radius 3 is 2.75 bits per heavy atom. The molecule has 3 aromatic rings. The van der Waals surface area contributed by atoms with Gasteiger partial charge in [0.15, 0.2) is 0 Å². The maximum Gasteiger partial charge on any atom is 0.264 e. The van der Waals surface area contributed by atoms with Gasteiger partial charge in [0.2, 0.25) is 11.1 Å². The first-order valence-electron chi connectivity index (χ1n) is 7.95. The summed E-state index contributed by atoms with van der Waals surface area (Å²) in [6.07, 6.45) is 1.48. The number of nitrogen functional groups attached to an aromatic ring is 1. The molecule has 0 fully saturated rings. The molecule has 11 heteroatoms. The second kappa shape index (κ2) is 9.20. The van der Waals surface area contributed by atoms with Crippen LogP contribution in [0.4, 0.5) is 16.0 Å². The Morgan fingerprint density at radius 1 is 1.25 bits per heavy atom. The van der Waals surface area contributed by atoms with Gasteiger partial charge in [-0.25, -0.2) is 14.5 Å². The summed E-state index contributed by atoms with van der Waals surface area (Å²) in [6.45, 7) is 0. The summed E-state index contributed by atoms with van der Waals surface area (Å²) in [5.41, 5.74) is 3.87. The number of amides is 1. The summed E-state index contributed by atoms with van der Waals surface area (Å²) in [5.74, 6) is 5.57. The van der Waals surface area contributed by atoms with Gasteiger partial charge < -0.3 is 11.2 Å². The van der Waals surface area contributed by atoms with Gasteiger partial charge in [0.05, 0.1) is 22.7 Å². The topological polar surface area (TPSA) is 110 Å². The molecule has 4 N–H and O–H groups in total. The van der Waals surface area contributed by atoms with Crippen LogP contribution in [0.1, 0.15) is 5.56 Å². The number of aromatic nitrogens is 3. The number of hydrogen-bond acceptors (Lipinski definition) is 7. The highest BCUT2D eigenvalue weighted by Crippen LogP contribution is 2.22. The van der Waals surface area contributed by atoms with Gasteiger partial charge >= 0.3 is 0 Å². The number of nitrogens with one attached hydrogen (secondary N) is 2. The number of carbonyl (C=O) groups excluding carboxylic acids is 1. The van der Waals surface area contributed by atoms with E-state index in [2.05, 4.69) is 26.0 Å². The average molecular weight is 420 g/mol. The van der Waals surface area contributed by atoms with Crippen LogP contribution in [0.5, 0.6) is 0 Å². The summed E-state index contributed by atoms with van der Waals surface area (Å²) in [7, 11) is 0. The molecule has 1 amide bonds. The first-order chi connectivity index (χ1) is 13.5. The molecule has 1 aromatic heterocycles. The van der Waals surface area contributed by atoms with E-state index in [0.717, 1.165) is 11.8 Å². The molecule has 0 spiro atoms. The van der Waals surface area contributed by atoms with Crippen LogP contribution >= 0.6 is 23.4 Å². The zero-order valence-electron chi connectivity index (χ0n) is 14.3. The maximum absolute atomic E-state index is 12.9. The lowest BCUT2D eigenvalue weighted by Gasteiger charge is -2.06. The molecule has 0 saturated heterocycles. The number of benzene rings is 2. The number of hydrazone groups is 1. The fourth-order valence-corrected chi connectivity index (χ4v) is 2.88. The number of rotatable bonds is 7. The van der Waals surface area contributed by atoms with Crippen LogP contribution in [-0.2, 0) is 4.79 Å². The Kier molecular flexibility index (Phi) is 6.45. The summed E-state index contributed by atoms with van der Waals surface area (Å²) in [6, 6.07) is 12.7. The van der Waals surface area contributed by atoms with Gasteiger partial charge in [0.1, 0.15) is 5.82 Å². The summed E-state index contributed by atoms with van der Waals surface area (Å²) in [4.78, 5) is 12.1. The highest BCUT2D eigenvalue weighted by atomic mass is 35.5. The molecule has 144 valence electrons. The Balaban J connectivity index is 1.53. The van der Waals surface area contributed by atoms with Crippen LogP contribution in [-0.4, -0.2) is 32.7 Å². The number of anilines is 2. The Morgan fingerprint density at radius 2 is 2.00 bits per heavy atom. The first-order valence-corrected chi connectivity index (χ1v) is 9.31. The van der Waals surface area contributed by atoms with Crippen molar-refractivity contribution in [3.63, 3.8) is 0 Å². The highest BCUT2D eigenvalue weighted by Gasteiger charge is 2.12. The predicted molar refractivity (Wildman–Crippen MR) is 109 cm³/mol. The van der Waals surface area contributed by atoms with Gasteiger partial charge in [-0.3, -0.25) is 4.79 Å². The molecule has 0 aliphatic carbocycles. The van der Waals surface area contributed by atoms with Crippen LogP contribution in [0.2, 0.25) is 5.02 Å². The molecule has 28 heavy (non-hydrogen) atoms. The van der Waals surface area contributed by atoms with E-state index in [4.69, 9.17) is 17.4 Å². The van der Waals surface area contributed by atoms with Crippen molar-refractivity contribution in [1.82, 2.24) is 14.9 Å². The van der Waals surface area contributed by atoms with E-state index in [0.29, 0.717) is 21.4 Å². The number of halogens is 2. The second-order valence-corrected chi connectivity index (χ2v) is 6.76. The molecule has 0 aliphatic rings. The van der Waals surface area contributed by atoms with E-state index in [-0.39, 0.29) is 23.4 Å². The Bertz CT molecular complexity index is 993. The number of carbonyl (C=O) groups is 1. The molecule has 1 heterocycles. The standard InChI is InChI=1S/C17H15ClFN7OS/c18-13-3-1-2-4-14(13)22-15(27)10-28-17-25-24-16(26(17)20)23-21-9-11-5-7-12(19)8-6-11/h1-9H,10,20H2,(H,22,27)(H,23,24)/b21-9+. The van der Waals surface area contributed by atoms with Crippen LogP contribution in [0.3, 0.4) is 0 Å². The fourth-order valence-electron chi connectivity index (χ4n) is 2.04. The summed E-state index contributed by atoms with van der Waals surface area (Å²) >= 11 is 7.11. The van der Waals surface area contributed by atoms with Gasteiger partial charge in [-0.2, -0.15) is 5.10 Å². The van der Waals surface area contributed by atoms with E-state index >= 15 is 0 Å². The van der Waals surface area contributed by atoms with Gasteiger partial charge in [0, 0.05) is 0 Å². The number of nitrogens with zero attached hydrogens (tertiary/aromatic N) is 4. The third-order valence-electron chi connectivity index (χ3n) is 3.39. The Hall–Kier alpha value is -3.11. The second-order valence-electron chi connectivity index (χ2n) is 5.41. The van der Waals surface area contributed by atoms with Crippen molar-refractivity contribution in [3.8, 4) is 0 Å². The number of nitrogens with two attached hydrogens (primary N) is 1. The van der Waals surface area contributed by atoms with Crippen molar-refractivity contribution in [2.24, 2.45) is 5.10 Å². The SMILES string of the molecule is Nn1c(N/N=C/c2ccc(F)cc2)nnc1SCC(=O)Nc1ccccc1Cl. The van der Waals surface area contributed by atoms with Crippen LogP contribution in [0, 0.1) is 5.82 Å². The largest absolute Gasteiger partial charge is 0.334 e. The molecule has 0 unspecified atom stereocenters. The van der Waals surface area contributed by atoms with Crippen molar-refractivity contribution < 1.29 is 9.18 Å². The zero-order chi connectivity index (χ0) is 19.9. The quantitative estimate of drug-likeness (QED) is 0.235.